The second-order valence-corrected chi connectivity index (χ2v) is 23.9. The Morgan fingerprint density at radius 3 is 1.05 bits per heavy atom. The monoisotopic (exact) mass is 1020 g/mol. The Bertz CT molecular complexity index is 3150. The quantitative estimate of drug-likeness (QED) is 0.0425. The molecule has 0 radical (unpaired) electrons. The maximum atomic E-state index is 13.8. The van der Waals surface area contributed by atoms with Crippen LogP contribution in [0.2, 0.25) is 12.1 Å². The number of nitrogens with one attached hydrogen (secondary N) is 4. The fourth-order valence-corrected chi connectivity index (χ4v) is 13.0. The summed E-state index contributed by atoms with van der Waals surface area (Å²) < 4.78 is 33.5. The van der Waals surface area contributed by atoms with Gasteiger partial charge in [-0.15, -0.1) is 0 Å². The van der Waals surface area contributed by atoms with Crippen molar-refractivity contribution >= 4 is 75.8 Å². The molecule has 8 bridgehead atoms. The number of aromatic amines is 2. The van der Waals surface area contributed by atoms with Gasteiger partial charge < -0.3 is 47.2 Å². The third-order valence-corrected chi connectivity index (χ3v) is 19.1. The molecule has 378 valence electrons. The molecule has 0 unspecified atom stereocenters. The number of carbonyl (C=O) groups excluding carboxylic acids is 2. The lowest BCUT2D eigenvalue weighted by atomic mass is 10.0. The van der Waals surface area contributed by atoms with E-state index in [2.05, 4.69) is 69.1 Å². The van der Waals surface area contributed by atoms with Gasteiger partial charge in [0.25, 0.3) is 11.8 Å². The highest BCUT2D eigenvalue weighted by molar-refractivity contribution is 6.60. The summed E-state index contributed by atoms with van der Waals surface area (Å²) in [6.45, 7) is 0.831. The number of benzene rings is 4. The zero-order chi connectivity index (χ0) is 51.7. The SMILES string of the molecule is CO[Si](CCCNC(=O)c1cccc(-c2c3nc(c(-c4ccccc4)c4ccc([nH]4)c(-c4cccc(C(=O)NCCC[Si](OC)(OC)OC)c4)c4nc(c(-c5ccccc5)c5ccc2[nH]5)C=C4)C=C3)c1)(OC)OC. The maximum absolute atomic E-state index is 13.8. The summed E-state index contributed by atoms with van der Waals surface area (Å²) in [5, 5.41) is 6.16. The lowest BCUT2D eigenvalue weighted by molar-refractivity contribution is 0.0943. The van der Waals surface area contributed by atoms with Crippen molar-refractivity contribution in [3.05, 3.63) is 167 Å². The number of amides is 2. The molecule has 4 aromatic carbocycles. The van der Waals surface area contributed by atoms with Crippen molar-refractivity contribution in [2.75, 3.05) is 55.7 Å². The van der Waals surface area contributed by atoms with Crippen LogP contribution in [0.4, 0.5) is 0 Å². The van der Waals surface area contributed by atoms with Crippen molar-refractivity contribution in [1.29, 1.82) is 0 Å². The van der Waals surface area contributed by atoms with E-state index in [4.69, 9.17) is 36.5 Å². The molecular formula is C58H60N6O8Si2. The van der Waals surface area contributed by atoms with Crippen molar-refractivity contribution in [1.82, 2.24) is 30.6 Å². The van der Waals surface area contributed by atoms with Crippen LogP contribution in [0.25, 0.3) is 90.9 Å². The molecule has 0 fully saturated rings. The van der Waals surface area contributed by atoms with Gasteiger partial charge >= 0.3 is 17.6 Å². The average molecular weight is 1030 g/mol. The molecule has 2 aliphatic heterocycles. The zero-order valence-corrected chi connectivity index (χ0v) is 44.4. The fraction of sp³-hybridized carbons (Fsp3) is 0.207. The lowest BCUT2D eigenvalue weighted by Gasteiger charge is -2.24. The van der Waals surface area contributed by atoms with Gasteiger partial charge in [0, 0.05) is 123 Å². The van der Waals surface area contributed by atoms with E-state index in [0.717, 1.165) is 78.0 Å². The van der Waals surface area contributed by atoms with Gasteiger partial charge in [-0.3, -0.25) is 9.59 Å². The van der Waals surface area contributed by atoms with E-state index < -0.39 is 17.6 Å². The van der Waals surface area contributed by atoms with Gasteiger partial charge in [-0.1, -0.05) is 84.9 Å². The molecule has 0 spiro atoms. The van der Waals surface area contributed by atoms with Gasteiger partial charge in [-0.25, -0.2) is 9.97 Å². The average Bonchev–Trinajstić information content (AvgIpc) is 4.31. The Morgan fingerprint density at radius 2 is 0.730 bits per heavy atom. The largest absolute Gasteiger partial charge is 0.500 e. The Kier molecular flexibility index (Phi) is 16.2. The number of hydrogen-bond acceptors (Lipinski definition) is 10. The number of rotatable bonds is 20. The Hall–Kier alpha value is -7.39. The number of hydrogen-bond donors (Lipinski definition) is 4. The molecule has 14 nitrogen and oxygen atoms in total. The number of carbonyl (C=O) groups is 2. The van der Waals surface area contributed by atoms with E-state index in [1.54, 1.807) is 42.7 Å². The van der Waals surface area contributed by atoms with E-state index in [9.17, 15) is 9.59 Å². The fourth-order valence-electron chi connectivity index (χ4n) is 9.59. The van der Waals surface area contributed by atoms with Gasteiger partial charge in [-0.2, -0.15) is 0 Å². The third-order valence-electron chi connectivity index (χ3n) is 13.5. The summed E-state index contributed by atoms with van der Waals surface area (Å²) >= 11 is 0. The van der Waals surface area contributed by atoms with Crippen LogP contribution in [-0.2, 0) is 26.6 Å². The first-order chi connectivity index (χ1) is 36.1. The second-order valence-electron chi connectivity index (χ2n) is 17.7. The van der Waals surface area contributed by atoms with Crippen molar-refractivity contribution in [2.24, 2.45) is 0 Å². The standard InChI is InChI=1S/C58H60N6O8Si2/c1-67-73(68-2,69-3)35-15-33-59-57(65)43-23-13-21-41(37-43)55-49-29-25-45(61-49)53(39-17-9-7-10-18-39)47-27-31-51(63-47)56(42-22-14-24-44(38-42)58(66)60-34-16-36-74(70-4,71-5)72-6)52-32-28-48(64-52)54(40-19-11-8-12-20-40)46-26-30-50(55)62-46/h7-14,17-32,37-38,61,64H,15-16,33-36H2,1-6H3,(H,59,65)(H,60,66). The van der Waals surface area contributed by atoms with Gasteiger partial charge in [0.15, 0.2) is 0 Å². The Labute approximate surface area is 433 Å². The van der Waals surface area contributed by atoms with Crippen molar-refractivity contribution in [2.45, 2.75) is 24.9 Å². The van der Waals surface area contributed by atoms with E-state index in [0.29, 0.717) is 60.5 Å². The van der Waals surface area contributed by atoms with Crippen molar-refractivity contribution in [3.8, 4) is 44.5 Å². The minimum atomic E-state index is -2.79. The summed E-state index contributed by atoms with van der Waals surface area (Å²) in [6, 6.07) is 45.0. The highest BCUT2D eigenvalue weighted by Crippen LogP contribution is 2.39. The van der Waals surface area contributed by atoms with Crippen LogP contribution in [0.5, 0.6) is 0 Å². The molecule has 7 aromatic rings. The smallest absolute Gasteiger partial charge is 0.377 e. The molecule has 2 aliphatic rings. The normalized spacial score (nSPS) is 12.3. The molecule has 4 N–H and O–H groups in total. The number of fused-ring (bicyclic) bond motifs is 8. The van der Waals surface area contributed by atoms with Crippen LogP contribution in [0.3, 0.4) is 0 Å². The molecule has 0 atom stereocenters. The topological polar surface area (TPSA) is 171 Å². The van der Waals surface area contributed by atoms with Gasteiger partial charge in [-0.05, 0) is 108 Å². The first-order valence-electron chi connectivity index (χ1n) is 24.5. The van der Waals surface area contributed by atoms with Crippen molar-refractivity contribution in [3.63, 3.8) is 0 Å². The van der Waals surface area contributed by atoms with E-state index in [1.807, 2.05) is 109 Å². The van der Waals surface area contributed by atoms with E-state index in [1.165, 1.54) is 0 Å². The predicted octanol–water partition coefficient (Wildman–Crippen LogP) is 11.3. The van der Waals surface area contributed by atoms with Crippen LogP contribution >= 0.6 is 0 Å². The second kappa shape index (κ2) is 23.2. The number of H-pyrrole nitrogens is 2. The van der Waals surface area contributed by atoms with Gasteiger partial charge in [0.05, 0.1) is 22.8 Å². The molecule has 3 aromatic heterocycles. The molecule has 0 saturated carbocycles. The van der Waals surface area contributed by atoms with Crippen LogP contribution < -0.4 is 10.6 Å². The predicted molar refractivity (Wildman–Crippen MR) is 298 cm³/mol. The van der Waals surface area contributed by atoms with Gasteiger partial charge in [0.1, 0.15) is 0 Å². The Balaban J connectivity index is 1.21. The molecule has 0 aliphatic carbocycles. The van der Waals surface area contributed by atoms with E-state index >= 15 is 0 Å². The summed E-state index contributed by atoms with van der Waals surface area (Å²) in [6.07, 6.45) is 9.39. The highest BCUT2D eigenvalue weighted by Gasteiger charge is 2.38. The maximum Gasteiger partial charge on any atom is 0.500 e. The van der Waals surface area contributed by atoms with E-state index in [-0.39, 0.29) is 11.8 Å². The molecule has 5 heterocycles. The van der Waals surface area contributed by atoms with Crippen molar-refractivity contribution < 1.29 is 36.1 Å². The first-order valence-corrected chi connectivity index (χ1v) is 28.4. The minimum absolute atomic E-state index is 0.202. The van der Waals surface area contributed by atoms with Crippen LogP contribution in [0.15, 0.2) is 133 Å². The summed E-state index contributed by atoms with van der Waals surface area (Å²) in [5.74, 6) is -0.405. The summed E-state index contributed by atoms with van der Waals surface area (Å²) in [4.78, 5) is 46.0. The first kappa shape index (κ1) is 51.5. The lowest BCUT2D eigenvalue weighted by Crippen LogP contribution is -2.43. The highest BCUT2D eigenvalue weighted by atomic mass is 28.4. The third kappa shape index (κ3) is 10.9. The van der Waals surface area contributed by atoms with Crippen LogP contribution in [0.1, 0.15) is 56.3 Å². The molecule has 16 heteroatoms. The van der Waals surface area contributed by atoms with Crippen LogP contribution in [-0.4, -0.2) is 105 Å². The minimum Gasteiger partial charge on any atom is -0.377 e. The zero-order valence-electron chi connectivity index (χ0n) is 42.4. The molecule has 2 amide bonds. The summed E-state index contributed by atoms with van der Waals surface area (Å²) in [7, 11) is 3.94. The molecule has 9 rings (SSSR count). The number of nitrogens with zero attached hydrogens (tertiary/aromatic N) is 2. The molecule has 74 heavy (non-hydrogen) atoms. The van der Waals surface area contributed by atoms with Gasteiger partial charge in [0.2, 0.25) is 0 Å². The molecule has 0 saturated heterocycles. The summed E-state index contributed by atoms with van der Waals surface area (Å²) in [5.41, 5.74) is 14.2. The Morgan fingerprint density at radius 1 is 0.419 bits per heavy atom. The number of aromatic nitrogens is 4. The molecular weight excluding hydrogens is 965 g/mol. The van der Waals surface area contributed by atoms with Crippen LogP contribution in [0, 0.1) is 0 Å².